The van der Waals surface area contributed by atoms with Crippen molar-refractivity contribution < 1.29 is 0 Å². The molecule has 1 aliphatic rings. The van der Waals surface area contributed by atoms with Crippen molar-refractivity contribution in [3.8, 4) is 0 Å². The molecule has 1 rings (SSSR count). The Bertz CT molecular complexity index is 138. The third-order valence-electron chi connectivity index (χ3n) is 2.30. The van der Waals surface area contributed by atoms with Crippen LogP contribution in [-0.4, -0.2) is 24.5 Å². The van der Waals surface area contributed by atoms with Gasteiger partial charge in [0.25, 0.3) is 0 Å². The van der Waals surface area contributed by atoms with Gasteiger partial charge in [0.2, 0.25) is 0 Å². The largest absolute Gasteiger partial charge is 0.303 e. The third-order valence-corrected chi connectivity index (χ3v) is 2.30. The molecule has 0 amide bonds. The van der Waals surface area contributed by atoms with Gasteiger partial charge in [0.1, 0.15) is 0 Å². The summed E-state index contributed by atoms with van der Waals surface area (Å²) < 4.78 is 0. The molecule has 1 aliphatic heterocycles. The van der Waals surface area contributed by atoms with Gasteiger partial charge in [0.15, 0.2) is 0 Å². The van der Waals surface area contributed by atoms with E-state index in [2.05, 4.69) is 24.8 Å². The molecule has 64 valence electrons. The van der Waals surface area contributed by atoms with Gasteiger partial charge in [0, 0.05) is 13.1 Å². The molecule has 0 saturated carbocycles. The molecule has 0 fully saturated rings. The van der Waals surface area contributed by atoms with Crippen LogP contribution in [0.25, 0.3) is 0 Å². The Kier molecular flexibility index (Phi) is 3.64. The highest BCUT2D eigenvalue weighted by molar-refractivity contribution is 5.00. The van der Waals surface area contributed by atoms with E-state index in [1.54, 1.807) is 5.57 Å². The number of hydrogen-bond acceptors (Lipinski definition) is 1. The van der Waals surface area contributed by atoms with Crippen LogP contribution in [0.4, 0.5) is 0 Å². The molecule has 0 saturated heterocycles. The highest BCUT2D eigenvalue weighted by Gasteiger charge is 2.05. The lowest BCUT2D eigenvalue weighted by Crippen LogP contribution is -2.25. The molecule has 0 N–H and O–H groups in total. The molecule has 11 heavy (non-hydrogen) atoms. The van der Waals surface area contributed by atoms with E-state index in [9.17, 15) is 0 Å². The summed E-state index contributed by atoms with van der Waals surface area (Å²) in [5, 5.41) is 0. The van der Waals surface area contributed by atoms with Crippen LogP contribution in [0, 0.1) is 0 Å². The predicted molar refractivity (Wildman–Crippen MR) is 49.7 cm³/mol. The topological polar surface area (TPSA) is 3.24 Å². The molecular weight excluding hydrogens is 134 g/mol. The fourth-order valence-corrected chi connectivity index (χ4v) is 1.58. The molecular formula is C10H19N. The Morgan fingerprint density at radius 1 is 1.45 bits per heavy atom. The molecule has 1 heterocycles. The van der Waals surface area contributed by atoms with Crippen LogP contribution in [0.2, 0.25) is 0 Å². The lowest BCUT2D eigenvalue weighted by molar-refractivity contribution is 0.288. The maximum Gasteiger partial charge on any atom is 0.00186 e. The van der Waals surface area contributed by atoms with Gasteiger partial charge in [-0.2, -0.15) is 0 Å². The van der Waals surface area contributed by atoms with Crippen LogP contribution in [0.3, 0.4) is 0 Å². The molecule has 0 bridgehead atoms. The highest BCUT2D eigenvalue weighted by Crippen LogP contribution is 2.09. The van der Waals surface area contributed by atoms with Gasteiger partial charge < -0.3 is 4.90 Å². The first-order valence-electron chi connectivity index (χ1n) is 4.71. The molecule has 1 heteroatoms. The van der Waals surface area contributed by atoms with Crippen molar-refractivity contribution in [2.45, 2.75) is 33.1 Å². The third kappa shape index (κ3) is 3.06. The van der Waals surface area contributed by atoms with Crippen molar-refractivity contribution in [2.75, 3.05) is 19.6 Å². The lowest BCUT2D eigenvalue weighted by atomic mass is 10.2. The van der Waals surface area contributed by atoms with E-state index in [0.29, 0.717) is 0 Å². The summed E-state index contributed by atoms with van der Waals surface area (Å²) in [7, 11) is 0. The first kappa shape index (κ1) is 8.79. The second-order valence-corrected chi connectivity index (χ2v) is 3.43. The number of hydrogen-bond donors (Lipinski definition) is 0. The first-order chi connectivity index (χ1) is 5.33. The Morgan fingerprint density at radius 3 is 3.00 bits per heavy atom. The fraction of sp³-hybridized carbons (Fsp3) is 0.800. The summed E-state index contributed by atoms with van der Waals surface area (Å²) >= 11 is 0. The molecule has 0 spiro atoms. The van der Waals surface area contributed by atoms with Gasteiger partial charge in [-0.05, 0) is 32.7 Å². The summed E-state index contributed by atoms with van der Waals surface area (Å²) in [6.45, 7) is 8.32. The van der Waals surface area contributed by atoms with Crippen molar-refractivity contribution >= 4 is 0 Å². The standard InChI is InChI=1S/C10H19N/c1-3-7-11-8-4-5-10(2)6-9-11/h5H,3-4,6-9H2,1-2H3. The molecule has 0 aromatic rings. The maximum atomic E-state index is 2.56. The Hall–Kier alpha value is -0.300. The highest BCUT2D eigenvalue weighted by atomic mass is 15.1. The smallest absolute Gasteiger partial charge is 0.00186 e. The molecule has 0 unspecified atom stereocenters. The molecule has 0 radical (unpaired) electrons. The summed E-state index contributed by atoms with van der Waals surface area (Å²) in [4.78, 5) is 2.56. The quantitative estimate of drug-likeness (QED) is 0.551. The van der Waals surface area contributed by atoms with Gasteiger partial charge in [-0.15, -0.1) is 0 Å². The van der Waals surface area contributed by atoms with E-state index in [1.807, 2.05) is 0 Å². The van der Waals surface area contributed by atoms with Gasteiger partial charge in [-0.1, -0.05) is 18.6 Å². The zero-order chi connectivity index (χ0) is 8.10. The molecule has 0 atom stereocenters. The van der Waals surface area contributed by atoms with Crippen LogP contribution in [0.5, 0.6) is 0 Å². The van der Waals surface area contributed by atoms with Gasteiger partial charge >= 0.3 is 0 Å². The van der Waals surface area contributed by atoms with Crippen LogP contribution in [0.15, 0.2) is 11.6 Å². The van der Waals surface area contributed by atoms with Gasteiger partial charge in [0.05, 0.1) is 0 Å². The van der Waals surface area contributed by atoms with Gasteiger partial charge in [-0.3, -0.25) is 0 Å². The van der Waals surface area contributed by atoms with Crippen molar-refractivity contribution in [3.63, 3.8) is 0 Å². The summed E-state index contributed by atoms with van der Waals surface area (Å²) in [6, 6.07) is 0. The minimum atomic E-state index is 1.26. The summed E-state index contributed by atoms with van der Waals surface area (Å²) in [5.74, 6) is 0. The van der Waals surface area contributed by atoms with Crippen LogP contribution < -0.4 is 0 Å². The second kappa shape index (κ2) is 4.55. The summed E-state index contributed by atoms with van der Waals surface area (Å²) in [5.41, 5.74) is 1.57. The van der Waals surface area contributed by atoms with E-state index >= 15 is 0 Å². The van der Waals surface area contributed by atoms with Crippen LogP contribution >= 0.6 is 0 Å². The van der Waals surface area contributed by atoms with E-state index < -0.39 is 0 Å². The molecule has 0 aliphatic carbocycles. The predicted octanol–water partition coefficient (Wildman–Crippen LogP) is 2.44. The number of nitrogens with zero attached hydrogens (tertiary/aromatic N) is 1. The zero-order valence-corrected chi connectivity index (χ0v) is 7.77. The molecule has 0 aromatic carbocycles. The molecule has 0 aromatic heterocycles. The fourth-order valence-electron chi connectivity index (χ4n) is 1.58. The maximum absolute atomic E-state index is 2.56. The molecule has 1 nitrogen and oxygen atoms in total. The van der Waals surface area contributed by atoms with E-state index in [4.69, 9.17) is 0 Å². The van der Waals surface area contributed by atoms with Crippen molar-refractivity contribution in [3.05, 3.63) is 11.6 Å². The van der Waals surface area contributed by atoms with E-state index in [-0.39, 0.29) is 0 Å². The lowest BCUT2D eigenvalue weighted by Gasteiger charge is -2.18. The average Bonchev–Trinajstić information content (AvgIpc) is 2.17. The summed E-state index contributed by atoms with van der Waals surface area (Å²) in [6.07, 6.45) is 6.21. The van der Waals surface area contributed by atoms with Crippen molar-refractivity contribution in [1.29, 1.82) is 0 Å². The Labute approximate surface area is 70.1 Å². The monoisotopic (exact) mass is 153 g/mol. The minimum Gasteiger partial charge on any atom is -0.303 e. The normalized spacial score (nSPS) is 21.1. The Balaban J connectivity index is 2.29. The first-order valence-corrected chi connectivity index (χ1v) is 4.71. The second-order valence-electron chi connectivity index (χ2n) is 3.43. The van der Waals surface area contributed by atoms with Crippen molar-refractivity contribution in [2.24, 2.45) is 0 Å². The van der Waals surface area contributed by atoms with Crippen molar-refractivity contribution in [1.82, 2.24) is 4.90 Å². The van der Waals surface area contributed by atoms with Crippen LogP contribution in [0.1, 0.15) is 33.1 Å². The number of rotatable bonds is 2. The average molecular weight is 153 g/mol. The van der Waals surface area contributed by atoms with Gasteiger partial charge in [-0.25, -0.2) is 0 Å². The minimum absolute atomic E-state index is 1.26. The Morgan fingerprint density at radius 2 is 2.27 bits per heavy atom. The van der Waals surface area contributed by atoms with E-state index in [1.165, 1.54) is 38.9 Å². The van der Waals surface area contributed by atoms with Crippen LogP contribution in [-0.2, 0) is 0 Å². The zero-order valence-electron chi connectivity index (χ0n) is 7.77. The SMILES string of the molecule is CCCN1CCC=C(C)CC1. The van der Waals surface area contributed by atoms with E-state index in [0.717, 1.165) is 0 Å².